The summed E-state index contributed by atoms with van der Waals surface area (Å²) in [5, 5.41) is 8.63. The van der Waals surface area contributed by atoms with Crippen LogP contribution in [0.1, 0.15) is 0 Å². The van der Waals surface area contributed by atoms with Crippen LogP contribution >= 0.6 is 0 Å². The number of nitrogens with zero attached hydrogens (tertiary/aromatic N) is 3. The molecule has 0 aliphatic heterocycles. The van der Waals surface area contributed by atoms with E-state index in [0.29, 0.717) is 5.65 Å². The highest BCUT2D eigenvalue weighted by molar-refractivity contribution is 7.89. The van der Waals surface area contributed by atoms with E-state index < -0.39 is 10.0 Å². The summed E-state index contributed by atoms with van der Waals surface area (Å²) in [6.07, 6.45) is 2.64. The average molecular weight is 198 g/mol. The van der Waals surface area contributed by atoms with Gasteiger partial charge in [0.05, 0.1) is 6.20 Å². The lowest BCUT2D eigenvalue weighted by Crippen LogP contribution is -2.15. The van der Waals surface area contributed by atoms with E-state index in [-0.39, 0.29) is 5.03 Å². The van der Waals surface area contributed by atoms with Crippen molar-refractivity contribution in [3.05, 3.63) is 24.5 Å². The topological polar surface area (TPSA) is 90.4 Å². The minimum atomic E-state index is -3.75. The van der Waals surface area contributed by atoms with Crippen molar-refractivity contribution in [1.29, 1.82) is 0 Å². The van der Waals surface area contributed by atoms with Gasteiger partial charge < -0.3 is 0 Å². The van der Waals surface area contributed by atoms with Gasteiger partial charge in [0.1, 0.15) is 0 Å². The van der Waals surface area contributed by atoms with E-state index in [1.165, 1.54) is 16.9 Å². The molecule has 2 aromatic rings. The molecule has 0 saturated heterocycles. The molecular formula is C6H6N4O2S. The minimum absolute atomic E-state index is 0.108. The Morgan fingerprint density at radius 2 is 2.23 bits per heavy atom. The number of aromatic nitrogens is 3. The van der Waals surface area contributed by atoms with Crippen molar-refractivity contribution in [2.24, 2.45) is 5.14 Å². The van der Waals surface area contributed by atoms with Crippen molar-refractivity contribution in [3.63, 3.8) is 0 Å². The summed E-state index contributed by atoms with van der Waals surface area (Å²) in [4.78, 5) is 3.83. The maximum atomic E-state index is 11.0. The highest BCUT2D eigenvalue weighted by Crippen LogP contribution is 2.07. The molecule has 0 aliphatic carbocycles. The Labute approximate surface area is 74.1 Å². The highest BCUT2D eigenvalue weighted by Gasteiger charge is 2.14. The van der Waals surface area contributed by atoms with Crippen molar-refractivity contribution < 1.29 is 8.42 Å². The van der Waals surface area contributed by atoms with Crippen molar-refractivity contribution in [2.45, 2.75) is 5.03 Å². The van der Waals surface area contributed by atoms with E-state index >= 15 is 0 Å². The molecule has 0 spiro atoms. The SMILES string of the molecule is NS(=O)(=O)c1cnc2cccnn12. The molecule has 2 rings (SSSR count). The van der Waals surface area contributed by atoms with Gasteiger partial charge in [-0.1, -0.05) is 0 Å². The number of rotatable bonds is 1. The van der Waals surface area contributed by atoms with Crippen molar-refractivity contribution in [1.82, 2.24) is 14.6 Å². The van der Waals surface area contributed by atoms with Crippen LogP contribution in [0.3, 0.4) is 0 Å². The Bertz CT molecular complexity index is 545. The number of hydrogen-bond donors (Lipinski definition) is 1. The summed E-state index contributed by atoms with van der Waals surface area (Å²) in [6.45, 7) is 0. The van der Waals surface area contributed by atoms with E-state index in [0.717, 1.165) is 0 Å². The van der Waals surface area contributed by atoms with Crippen LogP contribution < -0.4 is 5.14 Å². The first-order chi connectivity index (χ1) is 6.09. The maximum absolute atomic E-state index is 11.0. The summed E-state index contributed by atoms with van der Waals surface area (Å²) in [5.74, 6) is 0. The second-order valence-corrected chi connectivity index (χ2v) is 3.94. The van der Waals surface area contributed by atoms with Gasteiger partial charge in [-0.15, -0.1) is 0 Å². The summed E-state index contributed by atoms with van der Waals surface area (Å²) >= 11 is 0. The molecule has 0 aromatic carbocycles. The first-order valence-electron chi connectivity index (χ1n) is 3.40. The Balaban J connectivity index is 2.87. The maximum Gasteiger partial charge on any atom is 0.257 e. The fourth-order valence-corrected chi connectivity index (χ4v) is 1.58. The van der Waals surface area contributed by atoms with Gasteiger partial charge in [0, 0.05) is 6.20 Å². The van der Waals surface area contributed by atoms with Crippen LogP contribution in [0.4, 0.5) is 0 Å². The molecule has 2 N–H and O–H groups in total. The van der Waals surface area contributed by atoms with Crippen LogP contribution in [-0.4, -0.2) is 23.0 Å². The molecular weight excluding hydrogens is 192 g/mol. The quantitative estimate of drug-likeness (QED) is 0.661. The summed E-state index contributed by atoms with van der Waals surface area (Å²) < 4.78 is 23.1. The highest BCUT2D eigenvalue weighted by atomic mass is 32.2. The number of imidazole rings is 1. The van der Waals surface area contributed by atoms with Crippen LogP contribution in [-0.2, 0) is 10.0 Å². The molecule has 0 bridgehead atoms. The predicted octanol–water partition coefficient (Wildman–Crippen LogP) is -0.623. The molecule has 0 radical (unpaired) electrons. The Morgan fingerprint density at radius 1 is 1.46 bits per heavy atom. The van der Waals surface area contributed by atoms with Crippen LogP contribution in [0.5, 0.6) is 0 Å². The Morgan fingerprint density at radius 3 is 2.92 bits per heavy atom. The number of hydrogen-bond acceptors (Lipinski definition) is 4. The lowest BCUT2D eigenvalue weighted by atomic mass is 10.6. The van der Waals surface area contributed by atoms with Gasteiger partial charge in [-0.05, 0) is 12.1 Å². The van der Waals surface area contributed by atoms with Gasteiger partial charge in [0.2, 0.25) is 0 Å². The molecule has 2 aromatic heterocycles. The fourth-order valence-electron chi connectivity index (χ4n) is 1.00. The number of fused-ring (bicyclic) bond motifs is 1. The molecule has 7 heteroatoms. The van der Waals surface area contributed by atoms with Crippen molar-refractivity contribution in [3.8, 4) is 0 Å². The number of primary sulfonamides is 1. The predicted molar refractivity (Wildman–Crippen MR) is 44.4 cm³/mol. The van der Waals surface area contributed by atoms with Crippen LogP contribution in [0.15, 0.2) is 29.6 Å². The lowest BCUT2D eigenvalue weighted by molar-refractivity contribution is 0.590. The van der Waals surface area contributed by atoms with Gasteiger partial charge in [0.15, 0.2) is 10.7 Å². The van der Waals surface area contributed by atoms with Gasteiger partial charge in [-0.2, -0.15) is 5.10 Å². The molecule has 0 aliphatic rings. The first kappa shape index (κ1) is 8.14. The van der Waals surface area contributed by atoms with Gasteiger partial charge in [-0.25, -0.2) is 23.1 Å². The molecule has 0 saturated carbocycles. The monoisotopic (exact) mass is 198 g/mol. The number of nitrogens with two attached hydrogens (primary N) is 1. The van der Waals surface area contributed by atoms with E-state index in [2.05, 4.69) is 10.1 Å². The van der Waals surface area contributed by atoms with Gasteiger partial charge in [-0.3, -0.25) is 0 Å². The fraction of sp³-hybridized carbons (Fsp3) is 0. The van der Waals surface area contributed by atoms with E-state index in [1.807, 2.05) is 0 Å². The third-order valence-corrected chi connectivity index (χ3v) is 2.40. The zero-order valence-corrected chi connectivity index (χ0v) is 7.27. The molecule has 68 valence electrons. The van der Waals surface area contributed by atoms with Crippen molar-refractivity contribution in [2.75, 3.05) is 0 Å². The minimum Gasteiger partial charge on any atom is -0.234 e. The second-order valence-electron chi connectivity index (χ2n) is 2.44. The first-order valence-corrected chi connectivity index (χ1v) is 4.95. The third kappa shape index (κ3) is 1.27. The molecule has 0 fully saturated rings. The Kier molecular flexibility index (Phi) is 1.57. The largest absolute Gasteiger partial charge is 0.257 e. The normalized spacial score (nSPS) is 12.1. The molecule has 0 atom stereocenters. The zero-order valence-electron chi connectivity index (χ0n) is 6.45. The summed E-state index contributed by atoms with van der Waals surface area (Å²) in [6, 6.07) is 3.30. The van der Waals surface area contributed by atoms with Gasteiger partial charge in [0.25, 0.3) is 10.0 Å². The van der Waals surface area contributed by atoms with E-state index in [9.17, 15) is 8.42 Å². The number of sulfonamides is 1. The Hall–Kier alpha value is -1.47. The third-order valence-electron chi connectivity index (χ3n) is 1.54. The van der Waals surface area contributed by atoms with Gasteiger partial charge >= 0.3 is 0 Å². The van der Waals surface area contributed by atoms with E-state index in [1.54, 1.807) is 12.1 Å². The second kappa shape index (κ2) is 2.51. The zero-order chi connectivity index (χ0) is 9.47. The average Bonchev–Trinajstić information content (AvgIpc) is 2.45. The van der Waals surface area contributed by atoms with Crippen LogP contribution in [0.25, 0.3) is 5.65 Å². The molecule has 6 nitrogen and oxygen atoms in total. The van der Waals surface area contributed by atoms with Crippen molar-refractivity contribution >= 4 is 15.7 Å². The standard InChI is InChI=1S/C6H6N4O2S/c7-13(11,12)6-4-8-5-2-1-3-9-10(5)6/h1-4H,(H2,7,11,12). The smallest absolute Gasteiger partial charge is 0.234 e. The summed E-state index contributed by atoms with van der Waals surface area (Å²) in [5.41, 5.74) is 0.450. The molecule has 13 heavy (non-hydrogen) atoms. The van der Waals surface area contributed by atoms with Crippen LogP contribution in [0.2, 0.25) is 0 Å². The molecule has 0 amide bonds. The van der Waals surface area contributed by atoms with E-state index in [4.69, 9.17) is 5.14 Å². The molecule has 0 unspecified atom stereocenters. The summed E-state index contributed by atoms with van der Waals surface area (Å²) in [7, 11) is -3.75. The lowest BCUT2D eigenvalue weighted by Gasteiger charge is -1.95. The molecule has 2 heterocycles. The van der Waals surface area contributed by atoms with Crippen LogP contribution in [0, 0.1) is 0 Å².